The number of carbonyl (C=O) groups excluding carboxylic acids is 1. The lowest BCUT2D eigenvalue weighted by Crippen LogP contribution is -2.27. The summed E-state index contributed by atoms with van der Waals surface area (Å²) in [6.07, 6.45) is 6.08. The Kier molecular flexibility index (Phi) is 5.38. The molecule has 0 saturated heterocycles. The zero-order valence-electron chi connectivity index (χ0n) is 15.3. The fraction of sp³-hybridized carbons (Fsp3) is 0.474. The van der Waals surface area contributed by atoms with Crippen molar-refractivity contribution in [3.8, 4) is 0 Å². The molecule has 0 aliphatic carbocycles. The molecule has 0 atom stereocenters. The fourth-order valence-electron chi connectivity index (χ4n) is 3.24. The van der Waals surface area contributed by atoms with Crippen LogP contribution in [-0.2, 0) is 17.8 Å². The molecule has 25 heavy (non-hydrogen) atoms. The molecule has 1 aromatic carbocycles. The highest BCUT2D eigenvalue weighted by molar-refractivity contribution is 5.93. The second-order valence-corrected chi connectivity index (χ2v) is 6.92. The van der Waals surface area contributed by atoms with Gasteiger partial charge < -0.3 is 19.7 Å². The van der Waals surface area contributed by atoms with Crippen molar-refractivity contribution in [1.82, 2.24) is 14.9 Å². The zero-order chi connectivity index (χ0) is 17.8. The summed E-state index contributed by atoms with van der Waals surface area (Å²) in [6.45, 7) is 2.75. The molecule has 6 heteroatoms. The Balaban J connectivity index is 1.68. The van der Waals surface area contributed by atoms with Crippen LogP contribution >= 0.6 is 0 Å². The molecule has 0 fully saturated rings. The topological polar surface area (TPSA) is 55.5 Å². The summed E-state index contributed by atoms with van der Waals surface area (Å²) in [5.41, 5.74) is 4.63. The van der Waals surface area contributed by atoms with E-state index in [1.165, 1.54) is 11.3 Å². The van der Waals surface area contributed by atoms with Gasteiger partial charge in [0.05, 0.1) is 18.6 Å². The van der Waals surface area contributed by atoms with Crippen LogP contribution in [0.3, 0.4) is 0 Å². The van der Waals surface area contributed by atoms with Crippen molar-refractivity contribution in [2.45, 2.75) is 25.8 Å². The number of rotatable bonds is 7. The van der Waals surface area contributed by atoms with Crippen LogP contribution in [0, 0.1) is 0 Å². The molecule has 1 aliphatic rings. The number of aromatic nitrogens is 2. The number of H-pyrrole nitrogens is 1. The van der Waals surface area contributed by atoms with Gasteiger partial charge in [0.15, 0.2) is 0 Å². The lowest BCUT2D eigenvalue weighted by atomic mass is 10.1. The van der Waals surface area contributed by atoms with Gasteiger partial charge in [-0.25, -0.2) is 4.98 Å². The van der Waals surface area contributed by atoms with Crippen molar-refractivity contribution < 1.29 is 4.79 Å². The number of benzene rings is 1. The van der Waals surface area contributed by atoms with Crippen molar-refractivity contribution in [2.24, 2.45) is 0 Å². The van der Waals surface area contributed by atoms with Crippen LogP contribution < -0.4 is 9.80 Å². The van der Waals surface area contributed by atoms with Gasteiger partial charge in [-0.2, -0.15) is 0 Å². The van der Waals surface area contributed by atoms with E-state index < -0.39 is 0 Å². The quantitative estimate of drug-likeness (QED) is 0.839. The lowest BCUT2D eigenvalue weighted by molar-refractivity contribution is -0.118. The van der Waals surface area contributed by atoms with Crippen LogP contribution in [0.1, 0.15) is 24.1 Å². The molecule has 1 amide bonds. The van der Waals surface area contributed by atoms with E-state index in [-0.39, 0.29) is 5.91 Å². The number of imidazole rings is 1. The third kappa shape index (κ3) is 4.20. The summed E-state index contributed by atoms with van der Waals surface area (Å²) in [6, 6.07) is 6.35. The molecule has 0 unspecified atom stereocenters. The zero-order valence-corrected chi connectivity index (χ0v) is 15.3. The minimum Gasteiger partial charge on any atom is -0.365 e. The smallest absolute Gasteiger partial charge is 0.226 e. The summed E-state index contributed by atoms with van der Waals surface area (Å²) in [5.74, 6) is 0.167. The standard InChI is InChI=1S/C19H27N5O/c1-22(2)9-4-5-19(25)23(3)17-7-6-15-8-10-24(18(15)11-17)13-16-12-20-14-21-16/h6-7,11-12,14H,4-5,8-10,13H2,1-3H3,(H,20,21). The third-order valence-corrected chi connectivity index (χ3v) is 4.73. The highest BCUT2D eigenvalue weighted by atomic mass is 16.2. The summed E-state index contributed by atoms with van der Waals surface area (Å²) < 4.78 is 0. The summed E-state index contributed by atoms with van der Waals surface area (Å²) in [4.78, 5) is 25.9. The Bertz CT molecular complexity index is 711. The Morgan fingerprint density at radius 1 is 1.32 bits per heavy atom. The first-order chi connectivity index (χ1) is 12.0. The van der Waals surface area contributed by atoms with Gasteiger partial charge >= 0.3 is 0 Å². The highest BCUT2D eigenvalue weighted by Crippen LogP contribution is 2.33. The Labute approximate surface area is 149 Å². The van der Waals surface area contributed by atoms with Gasteiger partial charge in [0, 0.05) is 37.6 Å². The molecule has 0 spiro atoms. The number of nitrogens with zero attached hydrogens (tertiary/aromatic N) is 4. The molecule has 0 radical (unpaired) electrons. The number of hydrogen-bond acceptors (Lipinski definition) is 4. The Hall–Kier alpha value is -2.34. The monoisotopic (exact) mass is 341 g/mol. The molecule has 1 aliphatic heterocycles. The average molecular weight is 341 g/mol. The number of nitrogens with one attached hydrogen (secondary N) is 1. The molecular weight excluding hydrogens is 314 g/mol. The minimum absolute atomic E-state index is 0.167. The van der Waals surface area contributed by atoms with E-state index in [0.717, 1.165) is 43.9 Å². The maximum Gasteiger partial charge on any atom is 0.226 e. The molecule has 2 heterocycles. The first kappa shape index (κ1) is 17.5. The van der Waals surface area contributed by atoms with E-state index in [2.05, 4.69) is 38.0 Å². The maximum absolute atomic E-state index is 12.4. The molecule has 0 bridgehead atoms. The molecular formula is C19H27N5O. The molecule has 1 N–H and O–H groups in total. The largest absolute Gasteiger partial charge is 0.365 e. The van der Waals surface area contributed by atoms with E-state index in [1.807, 2.05) is 27.3 Å². The van der Waals surface area contributed by atoms with Gasteiger partial charge in [-0.05, 0) is 51.2 Å². The molecule has 1 aromatic heterocycles. The van der Waals surface area contributed by atoms with Crippen molar-refractivity contribution in [1.29, 1.82) is 0 Å². The molecule has 0 saturated carbocycles. The highest BCUT2D eigenvalue weighted by Gasteiger charge is 2.21. The number of aromatic amines is 1. The first-order valence-electron chi connectivity index (χ1n) is 8.81. The maximum atomic E-state index is 12.4. The van der Waals surface area contributed by atoms with Crippen LogP contribution in [0.4, 0.5) is 11.4 Å². The van der Waals surface area contributed by atoms with Crippen molar-refractivity contribution >= 4 is 17.3 Å². The average Bonchev–Trinajstić information content (AvgIpc) is 3.24. The SMILES string of the molecule is CN(C)CCCC(=O)N(C)c1ccc2c(c1)N(Cc1cnc[nH]1)CC2. The van der Waals surface area contributed by atoms with Crippen LogP contribution in [-0.4, -0.2) is 55.0 Å². The van der Waals surface area contributed by atoms with Crippen LogP contribution in [0.5, 0.6) is 0 Å². The summed E-state index contributed by atoms with van der Waals surface area (Å²) in [7, 11) is 5.93. The van der Waals surface area contributed by atoms with Gasteiger partial charge in [-0.1, -0.05) is 6.07 Å². The lowest BCUT2D eigenvalue weighted by Gasteiger charge is -2.22. The summed E-state index contributed by atoms with van der Waals surface area (Å²) in [5, 5.41) is 0. The fourth-order valence-corrected chi connectivity index (χ4v) is 3.24. The van der Waals surface area contributed by atoms with Gasteiger partial charge in [-0.15, -0.1) is 0 Å². The van der Waals surface area contributed by atoms with Crippen LogP contribution in [0.2, 0.25) is 0 Å². The second-order valence-electron chi connectivity index (χ2n) is 6.92. The Morgan fingerprint density at radius 2 is 2.16 bits per heavy atom. The van der Waals surface area contributed by atoms with Gasteiger partial charge in [-0.3, -0.25) is 4.79 Å². The second kappa shape index (κ2) is 7.70. The normalized spacial score (nSPS) is 13.4. The Morgan fingerprint density at radius 3 is 2.88 bits per heavy atom. The summed E-state index contributed by atoms with van der Waals surface area (Å²) >= 11 is 0. The van der Waals surface area contributed by atoms with E-state index in [1.54, 1.807) is 11.2 Å². The van der Waals surface area contributed by atoms with E-state index in [0.29, 0.717) is 6.42 Å². The number of anilines is 2. The van der Waals surface area contributed by atoms with Gasteiger partial charge in [0.1, 0.15) is 0 Å². The molecule has 134 valence electrons. The van der Waals surface area contributed by atoms with Gasteiger partial charge in [0.25, 0.3) is 0 Å². The van der Waals surface area contributed by atoms with E-state index in [4.69, 9.17) is 0 Å². The van der Waals surface area contributed by atoms with Crippen molar-refractivity contribution in [3.05, 3.63) is 42.0 Å². The molecule has 6 nitrogen and oxygen atoms in total. The number of hydrogen-bond donors (Lipinski definition) is 1. The number of carbonyl (C=O) groups is 1. The van der Waals surface area contributed by atoms with Crippen LogP contribution in [0.25, 0.3) is 0 Å². The molecule has 2 aromatic rings. The van der Waals surface area contributed by atoms with Crippen molar-refractivity contribution in [2.75, 3.05) is 44.0 Å². The number of fused-ring (bicyclic) bond motifs is 1. The minimum atomic E-state index is 0.167. The number of amides is 1. The van der Waals surface area contributed by atoms with Crippen molar-refractivity contribution in [3.63, 3.8) is 0 Å². The van der Waals surface area contributed by atoms with E-state index >= 15 is 0 Å². The molecule has 3 rings (SSSR count). The van der Waals surface area contributed by atoms with Gasteiger partial charge in [0.2, 0.25) is 5.91 Å². The first-order valence-corrected chi connectivity index (χ1v) is 8.81. The van der Waals surface area contributed by atoms with E-state index in [9.17, 15) is 4.79 Å². The van der Waals surface area contributed by atoms with Crippen LogP contribution in [0.15, 0.2) is 30.7 Å². The third-order valence-electron chi connectivity index (χ3n) is 4.73. The predicted molar refractivity (Wildman–Crippen MR) is 101 cm³/mol. The predicted octanol–water partition coefficient (Wildman–Crippen LogP) is 2.28.